The Morgan fingerprint density at radius 2 is 2.25 bits per heavy atom. The summed E-state index contributed by atoms with van der Waals surface area (Å²) < 4.78 is 0. The molecule has 2 saturated heterocycles. The highest BCUT2D eigenvalue weighted by Crippen LogP contribution is 2.29. The molecule has 2 rings (SSSR count). The lowest BCUT2D eigenvalue weighted by Gasteiger charge is -2.26. The molecule has 0 aromatic heterocycles. The normalized spacial score (nSPS) is 44.0. The van der Waals surface area contributed by atoms with E-state index in [0.29, 0.717) is 6.04 Å². The van der Waals surface area contributed by atoms with E-state index in [-0.39, 0.29) is 0 Å². The second kappa shape index (κ2) is 3.56. The minimum absolute atomic E-state index is 0.447. The predicted molar refractivity (Wildman–Crippen MR) is 54.4 cm³/mol. The van der Waals surface area contributed by atoms with Crippen molar-refractivity contribution in [2.45, 2.75) is 25.4 Å². The second-order valence-corrected chi connectivity index (χ2v) is 5.20. The maximum Gasteiger partial charge on any atom is 0.0220 e. The summed E-state index contributed by atoms with van der Waals surface area (Å²) in [7, 11) is 0. The topological polar surface area (TPSA) is 29.3 Å². The highest BCUT2D eigenvalue weighted by atomic mass is 32.2. The van der Waals surface area contributed by atoms with Crippen LogP contribution in [0.15, 0.2) is 0 Å². The molecule has 70 valence electrons. The van der Waals surface area contributed by atoms with Crippen molar-refractivity contribution >= 4 is 11.8 Å². The van der Waals surface area contributed by atoms with Gasteiger partial charge in [-0.1, -0.05) is 6.92 Å². The van der Waals surface area contributed by atoms with Crippen LogP contribution in [-0.2, 0) is 0 Å². The van der Waals surface area contributed by atoms with Gasteiger partial charge in [0.05, 0.1) is 0 Å². The van der Waals surface area contributed by atoms with Crippen LogP contribution in [0.3, 0.4) is 0 Å². The largest absolute Gasteiger partial charge is 0.326 e. The summed E-state index contributed by atoms with van der Waals surface area (Å²) in [5, 5.41) is 0. The number of rotatable bonds is 1. The van der Waals surface area contributed by atoms with Crippen molar-refractivity contribution < 1.29 is 0 Å². The Morgan fingerprint density at radius 1 is 1.42 bits per heavy atom. The van der Waals surface area contributed by atoms with Gasteiger partial charge in [0.2, 0.25) is 0 Å². The number of hydrogen-bond donors (Lipinski definition) is 1. The molecule has 0 spiro atoms. The molecule has 3 heteroatoms. The molecule has 0 aromatic carbocycles. The molecule has 0 saturated carbocycles. The first kappa shape index (κ1) is 8.85. The van der Waals surface area contributed by atoms with E-state index in [2.05, 4.69) is 23.6 Å². The summed E-state index contributed by atoms with van der Waals surface area (Å²) in [4.78, 5) is 2.59. The van der Waals surface area contributed by atoms with Crippen LogP contribution < -0.4 is 5.73 Å². The summed E-state index contributed by atoms with van der Waals surface area (Å²) in [5.74, 6) is 3.55. The lowest BCUT2D eigenvalue weighted by atomic mass is 10.1. The van der Waals surface area contributed by atoms with Gasteiger partial charge in [0, 0.05) is 30.9 Å². The molecule has 0 bridgehead atoms. The molecule has 2 nitrogen and oxygen atoms in total. The quantitative estimate of drug-likeness (QED) is 0.656. The SMILES string of the molecule is CC1CSCC1N1CCC(N)C1. The van der Waals surface area contributed by atoms with Gasteiger partial charge in [-0.25, -0.2) is 0 Å². The van der Waals surface area contributed by atoms with Gasteiger partial charge in [0.1, 0.15) is 0 Å². The van der Waals surface area contributed by atoms with Gasteiger partial charge >= 0.3 is 0 Å². The molecule has 2 heterocycles. The fourth-order valence-corrected chi connectivity index (χ4v) is 3.74. The van der Waals surface area contributed by atoms with Crippen molar-refractivity contribution in [2.24, 2.45) is 11.7 Å². The van der Waals surface area contributed by atoms with Gasteiger partial charge in [-0.15, -0.1) is 0 Å². The average Bonchev–Trinajstić information content (AvgIpc) is 2.58. The van der Waals surface area contributed by atoms with Crippen LogP contribution in [0.5, 0.6) is 0 Å². The fourth-order valence-electron chi connectivity index (χ4n) is 2.23. The number of likely N-dealkylation sites (tertiary alicyclic amines) is 1. The first-order valence-electron chi connectivity index (χ1n) is 4.85. The van der Waals surface area contributed by atoms with Crippen molar-refractivity contribution in [3.63, 3.8) is 0 Å². The molecule has 2 fully saturated rings. The van der Waals surface area contributed by atoms with Crippen molar-refractivity contribution in [3.8, 4) is 0 Å². The molecule has 0 radical (unpaired) electrons. The van der Waals surface area contributed by atoms with E-state index in [1.54, 1.807) is 0 Å². The summed E-state index contributed by atoms with van der Waals surface area (Å²) in [6.07, 6.45) is 1.20. The Labute approximate surface area is 78.9 Å². The highest BCUT2D eigenvalue weighted by Gasteiger charge is 2.32. The Bertz CT molecular complexity index is 163. The third-order valence-corrected chi connectivity index (χ3v) is 4.39. The predicted octanol–water partition coefficient (Wildman–Crippen LogP) is 0.771. The molecule has 0 amide bonds. The van der Waals surface area contributed by atoms with E-state index in [0.717, 1.165) is 18.5 Å². The Hall–Kier alpha value is 0.270. The van der Waals surface area contributed by atoms with Crippen molar-refractivity contribution in [2.75, 3.05) is 24.6 Å². The van der Waals surface area contributed by atoms with Gasteiger partial charge in [0.15, 0.2) is 0 Å². The van der Waals surface area contributed by atoms with Gasteiger partial charge in [0.25, 0.3) is 0 Å². The number of nitrogens with two attached hydrogens (primary N) is 1. The van der Waals surface area contributed by atoms with E-state index in [9.17, 15) is 0 Å². The first-order chi connectivity index (χ1) is 5.77. The minimum atomic E-state index is 0.447. The van der Waals surface area contributed by atoms with Crippen LogP contribution in [-0.4, -0.2) is 41.6 Å². The maximum atomic E-state index is 5.89. The van der Waals surface area contributed by atoms with Gasteiger partial charge < -0.3 is 5.73 Å². The van der Waals surface area contributed by atoms with Gasteiger partial charge in [-0.3, -0.25) is 4.90 Å². The van der Waals surface area contributed by atoms with Crippen molar-refractivity contribution in [1.29, 1.82) is 0 Å². The molecule has 0 aromatic rings. The van der Waals surface area contributed by atoms with Crippen LogP contribution >= 0.6 is 11.8 Å². The molecule has 12 heavy (non-hydrogen) atoms. The lowest BCUT2D eigenvalue weighted by molar-refractivity contribution is 0.219. The van der Waals surface area contributed by atoms with Gasteiger partial charge in [-0.2, -0.15) is 11.8 Å². The maximum absolute atomic E-state index is 5.89. The number of thioether (sulfide) groups is 1. The van der Waals surface area contributed by atoms with E-state index >= 15 is 0 Å². The van der Waals surface area contributed by atoms with Crippen LogP contribution in [0.1, 0.15) is 13.3 Å². The molecule has 2 N–H and O–H groups in total. The average molecular weight is 186 g/mol. The van der Waals surface area contributed by atoms with Gasteiger partial charge in [-0.05, 0) is 18.1 Å². The zero-order valence-corrected chi connectivity index (χ0v) is 8.52. The molecule has 3 atom stereocenters. The van der Waals surface area contributed by atoms with Crippen LogP contribution in [0.25, 0.3) is 0 Å². The summed E-state index contributed by atoms with van der Waals surface area (Å²) in [6.45, 7) is 4.74. The third-order valence-electron chi connectivity index (χ3n) is 3.05. The summed E-state index contributed by atoms with van der Waals surface area (Å²) in [5.41, 5.74) is 5.89. The summed E-state index contributed by atoms with van der Waals surface area (Å²) >= 11 is 2.10. The molecule has 3 unspecified atom stereocenters. The Balaban J connectivity index is 1.91. The van der Waals surface area contributed by atoms with E-state index in [4.69, 9.17) is 5.73 Å². The molecule has 2 aliphatic rings. The highest BCUT2D eigenvalue weighted by molar-refractivity contribution is 7.99. The zero-order valence-electron chi connectivity index (χ0n) is 7.70. The fraction of sp³-hybridized carbons (Fsp3) is 1.00. The Morgan fingerprint density at radius 3 is 2.75 bits per heavy atom. The second-order valence-electron chi connectivity index (χ2n) is 4.13. The van der Waals surface area contributed by atoms with Crippen molar-refractivity contribution in [1.82, 2.24) is 4.90 Å². The molecule has 2 aliphatic heterocycles. The molecular formula is C9H18N2S. The number of nitrogens with zero attached hydrogens (tertiary/aromatic N) is 1. The van der Waals surface area contributed by atoms with Crippen molar-refractivity contribution in [3.05, 3.63) is 0 Å². The first-order valence-corrected chi connectivity index (χ1v) is 6.00. The molecule has 0 aliphatic carbocycles. The van der Waals surface area contributed by atoms with Crippen LogP contribution in [0.2, 0.25) is 0 Å². The third kappa shape index (κ3) is 1.63. The van der Waals surface area contributed by atoms with E-state index in [1.807, 2.05) is 0 Å². The summed E-state index contributed by atoms with van der Waals surface area (Å²) in [6, 6.07) is 1.27. The number of hydrogen-bond acceptors (Lipinski definition) is 3. The lowest BCUT2D eigenvalue weighted by Crippen LogP contribution is -2.39. The minimum Gasteiger partial charge on any atom is -0.326 e. The van der Waals surface area contributed by atoms with Crippen LogP contribution in [0.4, 0.5) is 0 Å². The molecular weight excluding hydrogens is 168 g/mol. The van der Waals surface area contributed by atoms with E-state index in [1.165, 1.54) is 24.5 Å². The van der Waals surface area contributed by atoms with Crippen LogP contribution in [0, 0.1) is 5.92 Å². The Kier molecular flexibility index (Phi) is 2.63. The monoisotopic (exact) mass is 186 g/mol. The zero-order chi connectivity index (χ0) is 8.55. The van der Waals surface area contributed by atoms with E-state index < -0.39 is 0 Å². The standard InChI is InChI=1S/C9H18N2S/c1-7-5-12-6-9(7)11-3-2-8(10)4-11/h7-9H,2-6,10H2,1H3. The smallest absolute Gasteiger partial charge is 0.0220 e.